The van der Waals surface area contributed by atoms with E-state index in [0.717, 1.165) is 12.0 Å². The van der Waals surface area contributed by atoms with Crippen LogP contribution >= 0.6 is 0 Å². The van der Waals surface area contributed by atoms with Crippen LogP contribution in [-0.4, -0.2) is 54.7 Å². The number of amides is 1. The summed E-state index contributed by atoms with van der Waals surface area (Å²) in [5.41, 5.74) is 0.893. The molecule has 1 aromatic rings. The highest BCUT2D eigenvalue weighted by Gasteiger charge is 2.31. The largest absolute Gasteiger partial charge is 0.493 e. The Morgan fingerprint density at radius 1 is 1.40 bits per heavy atom. The van der Waals surface area contributed by atoms with E-state index in [4.69, 9.17) is 9.47 Å². The molecule has 2 atom stereocenters. The first-order chi connectivity index (χ1) is 12.0. The van der Waals surface area contributed by atoms with Gasteiger partial charge in [-0.05, 0) is 50.9 Å². The van der Waals surface area contributed by atoms with Crippen molar-refractivity contribution in [2.45, 2.75) is 38.8 Å². The number of nitrogens with zero attached hydrogens (tertiary/aromatic N) is 1. The third-order valence-corrected chi connectivity index (χ3v) is 4.36. The maximum absolute atomic E-state index is 12.3. The molecule has 7 heteroatoms. The van der Waals surface area contributed by atoms with Gasteiger partial charge in [-0.25, -0.2) is 0 Å². The van der Waals surface area contributed by atoms with Crippen molar-refractivity contribution in [3.63, 3.8) is 0 Å². The van der Waals surface area contributed by atoms with Gasteiger partial charge in [0.2, 0.25) is 5.91 Å². The number of carbonyl (C=O) groups is 2. The van der Waals surface area contributed by atoms with Gasteiger partial charge in [0.05, 0.1) is 26.3 Å². The maximum atomic E-state index is 12.3. The van der Waals surface area contributed by atoms with Gasteiger partial charge >= 0.3 is 5.97 Å². The molecule has 1 amide bonds. The molecule has 0 radical (unpaired) electrons. The quantitative estimate of drug-likeness (QED) is 0.744. The zero-order valence-electron chi connectivity index (χ0n) is 14.9. The number of carboxylic acid groups (broad SMARTS) is 1. The summed E-state index contributed by atoms with van der Waals surface area (Å²) >= 11 is 0. The normalized spacial score (nSPS) is 18.6. The van der Waals surface area contributed by atoms with Crippen LogP contribution in [0.15, 0.2) is 18.2 Å². The molecule has 1 fully saturated rings. The number of hydrogen-bond donors (Lipinski definition) is 2. The summed E-state index contributed by atoms with van der Waals surface area (Å²) in [6.07, 6.45) is 1.39. The number of carbonyl (C=O) groups excluding carboxylic acids is 1. The lowest BCUT2D eigenvalue weighted by Crippen LogP contribution is -2.43. The molecule has 7 nitrogen and oxygen atoms in total. The Morgan fingerprint density at radius 2 is 2.16 bits per heavy atom. The Morgan fingerprint density at radius 3 is 2.80 bits per heavy atom. The number of rotatable bonds is 8. The van der Waals surface area contributed by atoms with E-state index in [1.165, 1.54) is 0 Å². The Hall–Kier alpha value is -2.28. The molecule has 0 aromatic heterocycles. The van der Waals surface area contributed by atoms with Gasteiger partial charge in [0.15, 0.2) is 11.5 Å². The smallest absolute Gasteiger partial charge is 0.320 e. The molecule has 2 N–H and O–H groups in total. The number of aliphatic carboxylic acids is 1. The van der Waals surface area contributed by atoms with Crippen LogP contribution < -0.4 is 14.8 Å². The minimum Gasteiger partial charge on any atom is -0.493 e. The average Bonchev–Trinajstić information content (AvgIpc) is 3.03. The van der Waals surface area contributed by atoms with E-state index in [1.54, 1.807) is 12.0 Å². The highest BCUT2D eigenvalue weighted by molar-refractivity contribution is 5.80. The maximum Gasteiger partial charge on any atom is 0.320 e. The highest BCUT2D eigenvalue weighted by Crippen LogP contribution is 2.30. The van der Waals surface area contributed by atoms with E-state index in [2.05, 4.69) is 5.32 Å². The van der Waals surface area contributed by atoms with E-state index >= 15 is 0 Å². The van der Waals surface area contributed by atoms with Gasteiger partial charge in [0.25, 0.3) is 0 Å². The van der Waals surface area contributed by atoms with Gasteiger partial charge in [-0.15, -0.1) is 0 Å². The summed E-state index contributed by atoms with van der Waals surface area (Å²) in [6, 6.07) is 4.76. The number of benzene rings is 1. The van der Waals surface area contributed by atoms with Gasteiger partial charge in [0, 0.05) is 0 Å². The number of carboxylic acids is 1. The van der Waals surface area contributed by atoms with E-state index in [-0.39, 0.29) is 18.5 Å². The van der Waals surface area contributed by atoms with Crippen LogP contribution in [0.1, 0.15) is 38.3 Å². The summed E-state index contributed by atoms with van der Waals surface area (Å²) in [5.74, 6) is 0.225. The molecule has 1 heterocycles. The number of likely N-dealkylation sites (tertiary alicyclic amines) is 1. The van der Waals surface area contributed by atoms with Crippen LogP contribution in [0.25, 0.3) is 0 Å². The van der Waals surface area contributed by atoms with Crippen molar-refractivity contribution in [1.29, 1.82) is 0 Å². The van der Waals surface area contributed by atoms with Gasteiger partial charge in [-0.2, -0.15) is 0 Å². The van der Waals surface area contributed by atoms with Gasteiger partial charge in [-0.3, -0.25) is 14.5 Å². The first-order valence-electron chi connectivity index (χ1n) is 8.53. The molecule has 1 unspecified atom stereocenters. The van der Waals surface area contributed by atoms with Crippen molar-refractivity contribution in [2.24, 2.45) is 0 Å². The fourth-order valence-electron chi connectivity index (χ4n) is 3.08. The zero-order valence-corrected chi connectivity index (χ0v) is 14.9. The average molecular weight is 350 g/mol. The summed E-state index contributed by atoms with van der Waals surface area (Å²) in [5, 5.41) is 12.1. The Balaban J connectivity index is 1.98. The van der Waals surface area contributed by atoms with Crippen molar-refractivity contribution in [2.75, 3.05) is 26.8 Å². The minimum atomic E-state index is -0.866. The second kappa shape index (κ2) is 8.71. The third-order valence-electron chi connectivity index (χ3n) is 4.36. The third kappa shape index (κ3) is 4.85. The lowest BCUT2D eigenvalue weighted by atomic mass is 10.1. The van der Waals surface area contributed by atoms with Crippen molar-refractivity contribution in [1.82, 2.24) is 10.2 Å². The minimum absolute atomic E-state index is 0.0927. The van der Waals surface area contributed by atoms with Crippen molar-refractivity contribution < 1.29 is 24.2 Å². The first-order valence-corrected chi connectivity index (χ1v) is 8.53. The molecular formula is C18H26N2O5. The first kappa shape index (κ1) is 19.1. The molecule has 1 saturated heterocycles. The van der Waals surface area contributed by atoms with Crippen molar-refractivity contribution >= 4 is 11.9 Å². The number of nitrogens with one attached hydrogen (secondary N) is 1. The molecule has 1 aromatic carbocycles. The summed E-state index contributed by atoms with van der Waals surface area (Å²) < 4.78 is 10.8. The Kier molecular flexibility index (Phi) is 6.64. The topological polar surface area (TPSA) is 88.1 Å². The van der Waals surface area contributed by atoms with Gasteiger partial charge in [0.1, 0.15) is 6.04 Å². The summed E-state index contributed by atoms with van der Waals surface area (Å²) in [7, 11) is 1.57. The fraction of sp³-hybridized carbons (Fsp3) is 0.556. The molecule has 1 aliphatic rings. The monoisotopic (exact) mass is 350 g/mol. The number of hydrogen-bond acceptors (Lipinski definition) is 5. The van der Waals surface area contributed by atoms with Crippen LogP contribution in [-0.2, 0) is 9.59 Å². The predicted octanol–water partition coefficient (Wildman–Crippen LogP) is 1.82. The summed E-state index contributed by atoms with van der Waals surface area (Å²) in [6.45, 7) is 5.05. The van der Waals surface area contributed by atoms with E-state index in [1.807, 2.05) is 32.0 Å². The van der Waals surface area contributed by atoms with Crippen molar-refractivity contribution in [3.05, 3.63) is 23.8 Å². The molecule has 25 heavy (non-hydrogen) atoms. The SMILES string of the molecule is CCOc1ccc(C(C)NC(=O)CN2CCC[C@@H]2C(=O)O)cc1OC. The van der Waals surface area contributed by atoms with E-state index in [9.17, 15) is 14.7 Å². The molecular weight excluding hydrogens is 324 g/mol. The van der Waals surface area contributed by atoms with Crippen LogP contribution in [0.2, 0.25) is 0 Å². The molecule has 2 rings (SSSR count). The molecule has 0 bridgehead atoms. The molecule has 1 aliphatic heterocycles. The molecule has 138 valence electrons. The van der Waals surface area contributed by atoms with Crippen LogP contribution in [0, 0.1) is 0 Å². The van der Waals surface area contributed by atoms with Crippen molar-refractivity contribution in [3.8, 4) is 11.5 Å². The Bertz CT molecular complexity index is 619. The fourth-order valence-corrected chi connectivity index (χ4v) is 3.08. The van der Waals surface area contributed by atoms with Gasteiger partial charge in [-0.1, -0.05) is 6.07 Å². The molecule has 0 spiro atoms. The lowest BCUT2D eigenvalue weighted by Gasteiger charge is -2.22. The van der Waals surface area contributed by atoms with Crippen LogP contribution in [0.3, 0.4) is 0 Å². The number of methoxy groups -OCH3 is 1. The van der Waals surface area contributed by atoms with E-state index in [0.29, 0.717) is 31.1 Å². The van der Waals surface area contributed by atoms with Crippen LogP contribution in [0.4, 0.5) is 0 Å². The van der Waals surface area contributed by atoms with Crippen LogP contribution in [0.5, 0.6) is 11.5 Å². The summed E-state index contributed by atoms with van der Waals surface area (Å²) in [4.78, 5) is 25.2. The predicted molar refractivity (Wildman–Crippen MR) is 93.0 cm³/mol. The number of ether oxygens (including phenoxy) is 2. The second-order valence-electron chi connectivity index (χ2n) is 6.10. The van der Waals surface area contributed by atoms with E-state index < -0.39 is 12.0 Å². The molecule has 0 saturated carbocycles. The molecule has 0 aliphatic carbocycles. The second-order valence-corrected chi connectivity index (χ2v) is 6.10. The standard InChI is InChI=1S/C18H26N2O5/c1-4-25-15-8-7-13(10-16(15)24-3)12(2)19-17(21)11-20-9-5-6-14(20)18(22)23/h7-8,10,12,14H,4-6,9,11H2,1-3H3,(H,19,21)(H,22,23)/t12?,14-/m1/s1. The van der Waals surface area contributed by atoms with Gasteiger partial charge < -0.3 is 19.9 Å². The Labute approximate surface area is 147 Å². The zero-order chi connectivity index (χ0) is 18.4. The highest BCUT2D eigenvalue weighted by atomic mass is 16.5. The lowest BCUT2D eigenvalue weighted by molar-refractivity contribution is -0.142.